The standard InChI is InChI=1S/C18H18O2/c19-17(15-7-3-1-4-8-15)18(11-13-20-14-12-18)16-9-5-2-6-10-16/h1-10H,11-14H2. The molecule has 0 aliphatic carbocycles. The van der Waals surface area contributed by atoms with Gasteiger partial charge in [0.2, 0.25) is 0 Å². The molecule has 0 amide bonds. The molecule has 1 fully saturated rings. The Morgan fingerprint density at radius 1 is 0.850 bits per heavy atom. The van der Waals surface area contributed by atoms with Crippen molar-refractivity contribution in [2.75, 3.05) is 13.2 Å². The summed E-state index contributed by atoms with van der Waals surface area (Å²) in [6.07, 6.45) is 1.51. The molecule has 0 radical (unpaired) electrons. The van der Waals surface area contributed by atoms with E-state index in [4.69, 9.17) is 4.74 Å². The fourth-order valence-electron chi connectivity index (χ4n) is 2.99. The van der Waals surface area contributed by atoms with Gasteiger partial charge in [0.15, 0.2) is 5.78 Å². The van der Waals surface area contributed by atoms with Crippen LogP contribution in [0.5, 0.6) is 0 Å². The van der Waals surface area contributed by atoms with Gasteiger partial charge in [-0.1, -0.05) is 60.7 Å². The average molecular weight is 266 g/mol. The first-order valence-electron chi connectivity index (χ1n) is 7.06. The van der Waals surface area contributed by atoms with E-state index in [9.17, 15) is 4.79 Å². The Morgan fingerprint density at radius 3 is 2.00 bits per heavy atom. The zero-order chi connectivity index (χ0) is 13.8. The molecule has 2 aromatic carbocycles. The van der Waals surface area contributed by atoms with E-state index >= 15 is 0 Å². The van der Waals surface area contributed by atoms with Crippen molar-refractivity contribution in [3.8, 4) is 0 Å². The van der Waals surface area contributed by atoms with Gasteiger partial charge in [0.05, 0.1) is 5.41 Å². The number of carbonyl (C=O) groups is 1. The van der Waals surface area contributed by atoms with E-state index in [0.29, 0.717) is 13.2 Å². The highest BCUT2D eigenvalue weighted by molar-refractivity contribution is 6.04. The molecule has 0 unspecified atom stereocenters. The molecule has 1 aliphatic rings. The first kappa shape index (κ1) is 13.1. The highest BCUT2D eigenvalue weighted by Gasteiger charge is 2.41. The van der Waals surface area contributed by atoms with Crippen molar-refractivity contribution >= 4 is 5.78 Å². The minimum atomic E-state index is -0.430. The van der Waals surface area contributed by atoms with Crippen molar-refractivity contribution in [3.63, 3.8) is 0 Å². The van der Waals surface area contributed by atoms with E-state index in [0.717, 1.165) is 24.0 Å². The van der Waals surface area contributed by atoms with Gasteiger partial charge < -0.3 is 4.74 Å². The van der Waals surface area contributed by atoms with E-state index < -0.39 is 5.41 Å². The highest BCUT2D eigenvalue weighted by Crippen LogP contribution is 2.37. The Hall–Kier alpha value is -1.93. The summed E-state index contributed by atoms with van der Waals surface area (Å²) in [6.45, 7) is 1.29. The van der Waals surface area contributed by atoms with Crippen LogP contribution in [0.3, 0.4) is 0 Å². The van der Waals surface area contributed by atoms with Gasteiger partial charge in [-0.25, -0.2) is 0 Å². The maximum absolute atomic E-state index is 13.1. The third kappa shape index (κ3) is 2.27. The molecule has 20 heavy (non-hydrogen) atoms. The molecule has 1 aliphatic heterocycles. The van der Waals surface area contributed by atoms with E-state index in [1.807, 2.05) is 48.5 Å². The summed E-state index contributed by atoms with van der Waals surface area (Å²) in [7, 11) is 0. The summed E-state index contributed by atoms with van der Waals surface area (Å²) < 4.78 is 5.48. The largest absolute Gasteiger partial charge is 0.381 e. The number of hydrogen-bond donors (Lipinski definition) is 0. The smallest absolute Gasteiger partial charge is 0.173 e. The molecule has 102 valence electrons. The van der Waals surface area contributed by atoms with Gasteiger partial charge in [-0.15, -0.1) is 0 Å². The van der Waals surface area contributed by atoms with Crippen LogP contribution in [0.15, 0.2) is 60.7 Å². The Labute approximate surface area is 119 Å². The molecule has 2 nitrogen and oxygen atoms in total. The van der Waals surface area contributed by atoms with Crippen molar-refractivity contribution in [1.29, 1.82) is 0 Å². The van der Waals surface area contributed by atoms with Crippen LogP contribution in [-0.2, 0) is 10.2 Å². The van der Waals surface area contributed by atoms with Crippen LogP contribution in [-0.4, -0.2) is 19.0 Å². The number of ether oxygens (including phenoxy) is 1. The zero-order valence-corrected chi connectivity index (χ0v) is 11.4. The monoisotopic (exact) mass is 266 g/mol. The molecule has 0 spiro atoms. The summed E-state index contributed by atoms with van der Waals surface area (Å²) in [5, 5.41) is 0. The van der Waals surface area contributed by atoms with Crippen LogP contribution in [0.1, 0.15) is 28.8 Å². The Morgan fingerprint density at radius 2 is 1.40 bits per heavy atom. The molecule has 3 rings (SSSR count). The number of Topliss-reactive ketones (excluding diaryl/α,β-unsaturated/α-hetero) is 1. The SMILES string of the molecule is O=C(c1ccccc1)C1(c2ccccc2)CCOCC1. The lowest BCUT2D eigenvalue weighted by molar-refractivity contribution is 0.0424. The number of carbonyl (C=O) groups excluding carboxylic acids is 1. The third-order valence-corrected chi connectivity index (χ3v) is 4.14. The minimum Gasteiger partial charge on any atom is -0.381 e. The van der Waals surface area contributed by atoms with Gasteiger partial charge in [0.25, 0.3) is 0 Å². The van der Waals surface area contributed by atoms with Crippen LogP contribution in [0.2, 0.25) is 0 Å². The molecule has 0 saturated carbocycles. The molecule has 0 atom stereocenters. The maximum atomic E-state index is 13.1. The van der Waals surface area contributed by atoms with E-state index in [-0.39, 0.29) is 5.78 Å². The lowest BCUT2D eigenvalue weighted by Crippen LogP contribution is -2.41. The number of rotatable bonds is 3. The average Bonchev–Trinajstić information content (AvgIpc) is 2.56. The molecule has 0 bridgehead atoms. The molecule has 2 aromatic rings. The topological polar surface area (TPSA) is 26.3 Å². The second-order valence-corrected chi connectivity index (χ2v) is 5.26. The summed E-state index contributed by atoms with van der Waals surface area (Å²) in [5.74, 6) is 0.215. The Kier molecular flexibility index (Phi) is 3.66. The third-order valence-electron chi connectivity index (χ3n) is 4.14. The van der Waals surface area contributed by atoms with Crippen LogP contribution < -0.4 is 0 Å². The normalized spacial score (nSPS) is 17.6. The summed E-state index contributed by atoms with van der Waals surface area (Å²) in [6, 6.07) is 19.7. The van der Waals surface area contributed by atoms with Crippen molar-refractivity contribution in [2.24, 2.45) is 0 Å². The molecule has 0 aromatic heterocycles. The lowest BCUT2D eigenvalue weighted by atomic mass is 9.69. The molecular formula is C18H18O2. The maximum Gasteiger partial charge on any atom is 0.173 e. The van der Waals surface area contributed by atoms with Gasteiger partial charge in [-0.2, -0.15) is 0 Å². The van der Waals surface area contributed by atoms with Gasteiger partial charge >= 0.3 is 0 Å². The van der Waals surface area contributed by atoms with Crippen molar-refractivity contribution in [2.45, 2.75) is 18.3 Å². The summed E-state index contributed by atoms with van der Waals surface area (Å²) in [4.78, 5) is 13.1. The van der Waals surface area contributed by atoms with Crippen molar-refractivity contribution in [3.05, 3.63) is 71.8 Å². The minimum absolute atomic E-state index is 0.215. The van der Waals surface area contributed by atoms with Gasteiger partial charge in [-0.05, 0) is 18.4 Å². The number of ketones is 1. The molecule has 0 N–H and O–H groups in total. The lowest BCUT2D eigenvalue weighted by Gasteiger charge is -2.36. The second-order valence-electron chi connectivity index (χ2n) is 5.26. The van der Waals surface area contributed by atoms with Gasteiger partial charge in [0, 0.05) is 18.8 Å². The highest BCUT2D eigenvalue weighted by atomic mass is 16.5. The van der Waals surface area contributed by atoms with Crippen LogP contribution in [0.25, 0.3) is 0 Å². The van der Waals surface area contributed by atoms with Gasteiger partial charge in [0.1, 0.15) is 0 Å². The Balaban J connectivity index is 2.05. The molecule has 1 heterocycles. The second kappa shape index (κ2) is 5.59. The van der Waals surface area contributed by atoms with E-state index in [1.165, 1.54) is 0 Å². The predicted octanol–water partition coefficient (Wildman–Crippen LogP) is 3.62. The fraction of sp³-hybridized carbons (Fsp3) is 0.278. The van der Waals surface area contributed by atoms with E-state index in [2.05, 4.69) is 12.1 Å². The summed E-state index contributed by atoms with van der Waals surface area (Å²) >= 11 is 0. The van der Waals surface area contributed by atoms with Crippen molar-refractivity contribution in [1.82, 2.24) is 0 Å². The van der Waals surface area contributed by atoms with Crippen LogP contribution >= 0.6 is 0 Å². The van der Waals surface area contributed by atoms with E-state index in [1.54, 1.807) is 0 Å². The molecule has 1 saturated heterocycles. The quantitative estimate of drug-likeness (QED) is 0.793. The Bertz CT molecular complexity index is 569. The van der Waals surface area contributed by atoms with Gasteiger partial charge in [-0.3, -0.25) is 4.79 Å². The first-order chi connectivity index (χ1) is 9.83. The first-order valence-corrected chi connectivity index (χ1v) is 7.06. The zero-order valence-electron chi connectivity index (χ0n) is 11.4. The van der Waals surface area contributed by atoms with Crippen LogP contribution in [0.4, 0.5) is 0 Å². The summed E-state index contributed by atoms with van der Waals surface area (Å²) in [5.41, 5.74) is 1.47. The molecular weight excluding hydrogens is 248 g/mol. The van der Waals surface area contributed by atoms with Crippen molar-refractivity contribution < 1.29 is 9.53 Å². The molecule has 2 heteroatoms. The van der Waals surface area contributed by atoms with Crippen LogP contribution in [0, 0.1) is 0 Å². The predicted molar refractivity (Wildman–Crippen MR) is 78.9 cm³/mol. The number of benzene rings is 2. The number of hydrogen-bond acceptors (Lipinski definition) is 2. The fourth-order valence-corrected chi connectivity index (χ4v) is 2.99.